The van der Waals surface area contributed by atoms with E-state index in [1.165, 1.54) is 21.4 Å². The molecule has 11 heteroatoms. The van der Waals surface area contributed by atoms with Gasteiger partial charge in [-0.05, 0) is 31.2 Å². The van der Waals surface area contributed by atoms with Crippen molar-refractivity contribution in [1.29, 1.82) is 0 Å². The van der Waals surface area contributed by atoms with Crippen molar-refractivity contribution in [2.24, 2.45) is 0 Å². The fourth-order valence-electron chi connectivity index (χ4n) is 2.75. The zero-order valence-corrected chi connectivity index (χ0v) is 16.7. The van der Waals surface area contributed by atoms with E-state index in [0.29, 0.717) is 24.5 Å². The molecule has 0 aliphatic carbocycles. The molecule has 1 aliphatic heterocycles. The van der Waals surface area contributed by atoms with Crippen LogP contribution in [0.2, 0.25) is 0 Å². The Hall–Kier alpha value is -2.76. The molecule has 1 fully saturated rings. The standard InChI is InChI=1S/C18H22N4O6S/c1-2-28-18(24)14-3-5-15(6-4-14)20-16(23)11-21-12-17(19-13-21)29(25,26)22-7-9-27-10-8-22/h3-6,12-13H,2,7-11H2,1H3,(H,20,23). The van der Waals surface area contributed by atoms with Crippen molar-refractivity contribution in [3.05, 3.63) is 42.4 Å². The monoisotopic (exact) mass is 422 g/mol. The quantitative estimate of drug-likeness (QED) is 0.653. The second kappa shape index (κ2) is 9.16. The lowest BCUT2D eigenvalue weighted by Crippen LogP contribution is -2.40. The Balaban J connectivity index is 1.59. The van der Waals surface area contributed by atoms with Gasteiger partial charge >= 0.3 is 5.97 Å². The highest BCUT2D eigenvalue weighted by molar-refractivity contribution is 7.89. The number of morpholine rings is 1. The van der Waals surface area contributed by atoms with Crippen LogP contribution in [-0.2, 0) is 30.8 Å². The Morgan fingerprint density at radius 2 is 1.90 bits per heavy atom. The number of hydrogen-bond acceptors (Lipinski definition) is 7. The SMILES string of the molecule is CCOC(=O)c1ccc(NC(=O)Cn2cnc(S(=O)(=O)N3CCOCC3)c2)cc1. The van der Waals surface area contributed by atoms with Gasteiger partial charge in [-0.3, -0.25) is 4.79 Å². The van der Waals surface area contributed by atoms with E-state index in [1.807, 2.05) is 0 Å². The molecule has 1 N–H and O–H groups in total. The maximum atomic E-state index is 12.6. The number of imidazole rings is 1. The molecule has 3 rings (SSSR count). The summed E-state index contributed by atoms with van der Waals surface area (Å²) in [5, 5.41) is 2.58. The number of anilines is 1. The number of amides is 1. The third-order valence-corrected chi connectivity index (χ3v) is 5.97. The van der Waals surface area contributed by atoms with E-state index in [2.05, 4.69) is 10.3 Å². The van der Waals surface area contributed by atoms with Gasteiger partial charge in [-0.15, -0.1) is 0 Å². The third kappa shape index (κ3) is 5.19. The number of ether oxygens (including phenoxy) is 2. The number of nitrogens with one attached hydrogen (secondary N) is 1. The van der Waals surface area contributed by atoms with Crippen LogP contribution in [0.15, 0.2) is 41.8 Å². The molecule has 0 radical (unpaired) electrons. The molecule has 0 bridgehead atoms. The highest BCUT2D eigenvalue weighted by Gasteiger charge is 2.28. The van der Waals surface area contributed by atoms with E-state index in [9.17, 15) is 18.0 Å². The predicted octanol–water partition coefficient (Wildman–Crippen LogP) is 0.719. The summed E-state index contributed by atoms with van der Waals surface area (Å²) in [7, 11) is -3.71. The van der Waals surface area contributed by atoms with Crippen LogP contribution >= 0.6 is 0 Å². The number of aromatic nitrogens is 2. The van der Waals surface area contributed by atoms with Crippen LogP contribution in [-0.4, -0.2) is 67.1 Å². The topological polar surface area (TPSA) is 120 Å². The largest absolute Gasteiger partial charge is 0.462 e. The lowest BCUT2D eigenvalue weighted by molar-refractivity contribution is -0.116. The van der Waals surface area contributed by atoms with E-state index in [4.69, 9.17) is 9.47 Å². The van der Waals surface area contributed by atoms with E-state index in [0.717, 1.165) is 0 Å². The fraction of sp³-hybridized carbons (Fsp3) is 0.389. The molecule has 29 heavy (non-hydrogen) atoms. The second-order valence-electron chi connectivity index (χ2n) is 6.25. The van der Waals surface area contributed by atoms with Crippen LogP contribution in [0, 0.1) is 0 Å². The molecule has 1 aromatic carbocycles. The number of nitrogens with zero attached hydrogens (tertiary/aromatic N) is 3. The first-order valence-corrected chi connectivity index (χ1v) is 10.5. The Labute approximate surface area is 168 Å². The molecule has 1 aliphatic rings. The van der Waals surface area contributed by atoms with Crippen LogP contribution in [0.4, 0.5) is 5.69 Å². The summed E-state index contributed by atoms with van der Waals surface area (Å²) >= 11 is 0. The first-order valence-electron chi connectivity index (χ1n) is 9.07. The van der Waals surface area contributed by atoms with E-state index < -0.39 is 16.0 Å². The number of hydrogen-bond donors (Lipinski definition) is 1. The minimum Gasteiger partial charge on any atom is -0.462 e. The van der Waals surface area contributed by atoms with Gasteiger partial charge in [-0.1, -0.05) is 0 Å². The van der Waals surface area contributed by atoms with Crippen molar-refractivity contribution in [2.45, 2.75) is 18.5 Å². The molecule has 0 saturated carbocycles. The highest BCUT2D eigenvalue weighted by Crippen LogP contribution is 2.15. The van der Waals surface area contributed by atoms with Gasteiger partial charge in [0.2, 0.25) is 5.91 Å². The summed E-state index contributed by atoms with van der Waals surface area (Å²) in [6.45, 7) is 3.14. The summed E-state index contributed by atoms with van der Waals surface area (Å²) in [4.78, 5) is 27.8. The van der Waals surface area contributed by atoms with Crippen LogP contribution < -0.4 is 5.32 Å². The zero-order valence-electron chi connectivity index (χ0n) is 15.9. The molecule has 156 valence electrons. The maximum absolute atomic E-state index is 12.6. The van der Waals surface area contributed by atoms with Crippen LogP contribution in [0.3, 0.4) is 0 Å². The minimum atomic E-state index is -3.71. The Morgan fingerprint density at radius 1 is 1.21 bits per heavy atom. The van der Waals surface area contributed by atoms with Gasteiger partial charge in [0.15, 0.2) is 5.03 Å². The molecule has 0 atom stereocenters. The van der Waals surface area contributed by atoms with Gasteiger partial charge in [0.25, 0.3) is 10.0 Å². The minimum absolute atomic E-state index is 0.106. The average molecular weight is 422 g/mol. The number of carbonyl (C=O) groups excluding carboxylic acids is 2. The van der Waals surface area contributed by atoms with Gasteiger partial charge in [0.1, 0.15) is 6.54 Å². The first kappa shape index (κ1) is 21.0. The van der Waals surface area contributed by atoms with Crippen molar-refractivity contribution < 1.29 is 27.5 Å². The Bertz CT molecular complexity index is 964. The summed E-state index contributed by atoms with van der Waals surface area (Å²) in [5.41, 5.74) is 0.891. The van der Waals surface area contributed by atoms with Crippen LogP contribution in [0.5, 0.6) is 0 Å². The molecule has 0 spiro atoms. The van der Waals surface area contributed by atoms with Crippen LogP contribution in [0.1, 0.15) is 17.3 Å². The van der Waals surface area contributed by atoms with Crippen molar-refractivity contribution >= 4 is 27.6 Å². The Morgan fingerprint density at radius 3 is 2.55 bits per heavy atom. The lowest BCUT2D eigenvalue weighted by Gasteiger charge is -2.24. The van der Waals surface area contributed by atoms with Gasteiger partial charge in [0.05, 0.1) is 31.7 Å². The number of carbonyl (C=O) groups is 2. The van der Waals surface area contributed by atoms with E-state index >= 15 is 0 Å². The summed E-state index contributed by atoms with van der Waals surface area (Å²) in [6, 6.07) is 6.29. The van der Waals surface area contributed by atoms with Crippen molar-refractivity contribution in [2.75, 3.05) is 38.2 Å². The molecule has 1 saturated heterocycles. The molecule has 10 nitrogen and oxygen atoms in total. The third-order valence-electron chi connectivity index (χ3n) is 4.19. The number of rotatable bonds is 7. The highest BCUT2D eigenvalue weighted by atomic mass is 32.2. The second-order valence-corrected chi connectivity index (χ2v) is 8.13. The van der Waals surface area contributed by atoms with Crippen molar-refractivity contribution in [3.63, 3.8) is 0 Å². The van der Waals surface area contributed by atoms with E-state index in [-0.39, 0.29) is 37.2 Å². The first-order chi connectivity index (χ1) is 13.9. The van der Waals surface area contributed by atoms with Crippen LogP contribution in [0.25, 0.3) is 0 Å². The molecule has 2 heterocycles. The van der Waals surface area contributed by atoms with Gasteiger partial charge in [-0.25, -0.2) is 18.2 Å². The Kier molecular flexibility index (Phi) is 6.62. The van der Waals surface area contributed by atoms with Gasteiger partial charge in [0, 0.05) is 25.0 Å². The molecular weight excluding hydrogens is 400 g/mol. The maximum Gasteiger partial charge on any atom is 0.338 e. The predicted molar refractivity (Wildman–Crippen MR) is 103 cm³/mol. The molecule has 2 aromatic rings. The van der Waals surface area contributed by atoms with Crippen molar-refractivity contribution in [3.8, 4) is 0 Å². The molecule has 1 aromatic heterocycles. The molecular formula is C18H22N4O6S. The normalized spacial score (nSPS) is 15.1. The average Bonchev–Trinajstić information content (AvgIpc) is 3.18. The number of benzene rings is 1. The summed E-state index contributed by atoms with van der Waals surface area (Å²) < 4.78 is 37.9. The lowest BCUT2D eigenvalue weighted by atomic mass is 10.2. The summed E-state index contributed by atoms with van der Waals surface area (Å²) in [6.07, 6.45) is 2.63. The van der Waals surface area contributed by atoms with Gasteiger partial charge < -0.3 is 19.4 Å². The van der Waals surface area contributed by atoms with Gasteiger partial charge in [-0.2, -0.15) is 4.31 Å². The molecule has 1 amide bonds. The molecule has 0 unspecified atom stereocenters. The fourth-order valence-corrected chi connectivity index (χ4v) is 4.09. The smallest absolute Gasteiger partial charge is 0.338 e. The zero-order chi connectivity index (χ0) is 20.9. The number of esters is 1. The number of sulfonamides is 1. The van der Waals surface area contributed by atoms with Crippen molar-refractivity contribution in [1.82, 2.24) is 13.9 Å². The summed E-state index contributed by atoms with van der Waals surface area (Å²) in [5.74, 6) is -0.792. The van der Waals surface area contributed by atoms with E-state index in [1.54, 1.807) is 31.2 Å².